The van der Waals surface area contributed by atoms with Gasteiger partial charge in [0.1, 0.15) is 12.4 Å². The molecule has 0 fully saturated rings. The third-order valence-corrected chi connectivity index (χ3v) is 5.16. The van der Waals surface area contributed by atoms with Gasteiger partial charge in [0.05, 0.1) is 0 Å². The van der Waals surface area contributed by atoms with Crippen LogP contribution in [-0.2, 0) is 11.3 Å². The maximum Gasteiger partial charge on any atom is 0.251 e. The topological polar surface area (TPSA) is 88.9 Å². The first kappa shape index (κ1) is 21.2. The Hall–Kier alpha value is -3.48. The summed E-state index contributed by atoms with van der Waals surface area (Å²) in [7, 11) is 0. The summed E-state index contributed by atoms with van der Waals surface area (Å²) in [5, 5.41) is 14.0. The summed E-state index contributed by atoms with van der Waals surface area (Å²) in [4.78, 5) is 25.6. The minimum atomic E-state index is -0.648. The van der Waals surface area contributed by atoms with Crippen molar-refractivity contribution in [2.24, 2.45) is 5.92 Å². The van der Waals surface area contributed by atoms with Crippen LogP contribution in [-0.4, -0.2) is 32.6 Å². The molecule has 7 nitrogen and oxygen atoms in total. The van der Waals surface area contributed by atoms with Crippen LogP contribution in [0.2, 0.25) is 0 Å². The molecule has 7 heteroatoms. The highest BCUT2D eigenvalue weighted by Crippen LogP contribution is 2.21. The van der Waals surface area contributed by atoms with Crippen LogP contribution in [0.3, 0.4) is 0 Å². The van der Waals surface area contributed by atoms with E-state index in [1.54, 1.807) is 30.6 Å². The molecule has 0 saturated carbocycles. The summed E-state index contributed by atoms with van der Waals surface area (Å²) < 4.78 is 1.93. The summed E-state index contributed by atoms with van der Waals surface area (Å²) in [6.07, 6.45) is 2.44. The Labute approximate surface area is 176 Å². The molecule has 2 aromatic carbocycles. The van der Waals surface area contributed by atoms with Gasteiger partial charge in [-0.2, -0.15) is 0 Å². The molecule has 0 spiro atoms. The van der Waals surface area contributed by atoms with Gasteiger partial charge in [0.25, 0.3) is 5.91 Å². The quantitative estimate of drug-likeness (QED) is 0.597. The summed E-state index contributed by atoms with van der Waals surface area (Å²) in [5.74, 6) is 0.206. The number of hydrogen-bond donors (Lipinski definition) is 2. The number of aromatic nitrogens is 3. The van der Waals surface area contributed by atoms with Crippen LogP contribution >= 0.6 is 0 Å². The predicted octanol–water partition coefficient (Wildman–Crippen LogP) is 3.75. The van der Waals surface area contributed by atoms with Crippen LogP contribution in [0, 0.1) is 5.92 Å². The third-order valence-electron chi connectivity index (χ3n) is 5.16. The first-order chi connectivity index (χ1) is 14.5. The van der Waals surface area contributed by atoms with Crippen molar-refractivity contribution in [3.8, 4) is 11.4 Å². The Kier molecular flexibility index (Phi) is 6.95. The van der Waals surface area contributed by atoms with E-state index in [2.05, 4.69) is 20.8 Å². The van der Waals surface area contributed by atoms with Crippen molar-refractivity contribution in [3.05, 3.63) is 66.5 Å². The number of nitrogens with zero attached hydrogens (tertiary/aromatic N) is 3. The molecule has 156 valence electrons. The van der Waals surface area contributed by atoms with Crippen LogP contribution in [0.1, 0.15) is 37.6 Å². The molecule has 3 aromatic rings. The van der Waals surface area contributed by atoms with Gasteiger partial charge >= 0.3 is 0 Å². The van der Waals surface area contributed by atoms with Crippen molar-refractivity contribution in [3.63, 3.8) is 0 Å². The van der Waals surface area contributed by atoms with Gasteiger partial charge in [-0.05, 0) is 37.1 Å². The molecule has 30 heavy (non-hydrogen) atoms. The highest BCUT2D eigenvalue weighted by Gasteiger charge is 2.26. The summed E-state index contributed by atoms with van der Waals surface area (Å²) >= 11 is 0. The number of carbonyl (C=O) groups is 2. The van der Waals surface area contributed by atoms with E-state index in [1.165, 1.54) is 0 Å². The van der Waals surface area contributed by atoms with Crippen molar-refractivity contribution in [2.45, 2.75) is 39.8 Å². The monoisotopic (exact) mass is 405 g/mol. The minimum absolute atomic E-state index is 0.0240. The van der Waals surface area contributed by atoms with E-state index in [9.17, 15) is 9.59 Å². The number of rotatable bonds is 8. The van der Waals surface area contributed by atoms with Gasteiger partial charge in [0.2, 0.25) is 5.91 Å². The zero-order valence-electron chi connectivity index (χ0n) is 17.5. The molecule has 0 aliphatic rings. The van der Waals surface area contributed by atoms with Gasteiger partial charge in [-0.25, -0.2) is 0 Å². The first-order valence-electron chi connectivity index (χ1n) is 10.2. The second kappa shape index (κ2) is 9.82. The van der Waals surface area contributed by atoms with Gasteiger partial charge in [-0.1, -0.05) is 50.6 Å². The number of aryl methyl sites for hydroxylation is 1. The summed E-state index contributed by atoms with van der Waals surface area (Å²) in [6, 6.07) is 15.7. The largest absolute Gasteiger partial charge is 0.340 e. The number of amides is 2. The number of anilines is 1. The van der Waals surface area contributed by atoms with Crippen LogP contribution in [0.5, 0.6) is 0 Å². The molecule has 2 unspecified atom stereocenters. The average Bonchev–Trinajstić information content (AvgIpc) is 3.26. The fraction of sp³-hybridized carbons (Fsp3) is 0.304. The molecule has 2 N–H and O–H groups in total. The molecule has 1 heterocycles. The van der Waals surface area contributed by atoms with E-state index in [0.717, 1.165) is 24.4 Å². The molecule has 2 atom stereocenters. The first-order valence-corrected chi connectivity index (χ1v) is 10.2. The third kappa shape index (κ3) is 4.92. The fourth-order valence-electron chi connectivity index (χ4n) is 3.18. The Morgan fingerprint density at radius 1 is 1.07 bits per heavy atom. The highest BCUT2D eigenvalue weighted by atomic mass is 16.2. The van der Waals surface area contributed by atoms with Crippen molar-refractivity contribution >= 4 is 17.5 Å². The molecular formula is C23H27N5O2. The summed E-state index contributed by atoms with van der Waals surface area (Å²) in [6.45, 7) is 6.72. The maximum absolute atomic E-state index is 13.0. The van der Waals surface area contributed by atoms with E-state index in [0.29, 0.717) is 11.3 Å². The van der Waals surface area contributed by atoms with Gasteiger partial charge in [-0.15, -0.1) is 10.2 Å². The molecule has 0 bridgehead atoms. The van der Waals surface area contributed by atoms with E-state index in [-0.39, 0.29) is 17.7 Å². The Bertz CT molecular complexity index is 1000. The molecule has 0 aliphatic heterocycles. The van der Waals surface area contributed by atoms with Crippen molar-refractivity contribution < 1.29 is 9.59 Å². The van der Waals surface area contributed by atoms with Crippen molar-refractivity contribution in [1.82, 2.24) is 20.1 Å². The molecule has 0 radical (unpaired) electrons. The Morgan fingerprint density at radius 2 is 1.83 bits per heavy atom. The molecule has 0 aliphatic carbocycles. The van der Waals surface area contributed by atoms with Gasteiger partial charge in [0.15, 0.2) is 5.82 Å². The smallest absolute Gasteiger partial charge is 0.251 e. The lowest BCUT2D eigenvalue weighted by Gasteiger charge is -2.23. The summed E-state index contributed by atoms with van der Waals surface area (Å²) in [5.41, 5.74) is 2.03. The van der Waals surface area contributed by atoms with Gasteiger partial charge in [0, 0.05) is 23.4 Å². The SMILES string of the molecule is CCC(C)C(NC(=O)c1ccccc1)C(=O)Nc1cccc(-c2nncn2CC)c1. The van der Waals surface area contributed by atoms with Crippen LogP contribution in [0.15, 0.2) is 60.9 Å². The minimum Gasteiger partial charge on any atom is -0.340 e. The zero-order chi connectivity index (χ0) is 21.5. The van der Waals surface area contributed by atoms with E-state index < -0.39 is 6.04 Å². The number of nitrogens with one attached hydrogen (secondary N) is 2. The molecule has 3 rings (SSSR count). The molecule has 0 saturated heterocycles. The number of carbonyl (C=O) groups excluding carboxylic acids is 2. The molecule has 1 aromatic heterocycles. The number of hydrogen-bond acceptors (Lipinski definition) is 4. The Morgan fingerprint density at radius 3 is 2.53 bits per heavy atom. The standard InChI is InChI=1S/C23H27N5O2/c1-4-16(3)20(26-22(29)17-10-7-6-8-11-17)23(30)25-19-13-9-12-18(14-19)21-27-24-15-28(21)5-2/h6-16,20H,4-5H2,1-3H3,(H,25,30)(H,26,29). The lowest BCUT2D eigenvalue weighted by molar-refractivity contribution is -0.119. The van der Waals surface area contributed by atoms with E-state index in [4.69, 9.17) is 0 Å². The predicted molar refractivity (Wildman–Crippen MR) is 117 cm³/mol. The van der Waals surface area contributed by atoms with E-state index in [1.807, 2.05) is 55.7 Å². The van der Waals surface area contributed by atoms with Gasteiger partial charge in [-0.3, -0.25) is 9.59 Å². The number of benzene rings is 2. The molecule has 2 amide bonds. The maximum atomic E-state index is 13.0. The van der Waals surface area contributed by atoms with Crippen LogP contribution in [0.4, 0.5) is 5.69 Å². The molecular weight excluding hydrogens is 378 g/mol. The lowest BCUT2D eigenvalue weighted by atomic mass is 9.97. The van der Waals surface area contributed by atoms with Crippen molar-refractivity contribution in [1.29, 1.82) is 0 Å². The average molecular weight is 406 g/mol. The van der Waals surface area contributed by atoms with E-state index >= 15 is 0 Å². The van der Waals surface area contributed by atoms with Crippen LogP contribution < -0.4 is 10.6 Å². The second-order valence-electron chi connectivity index (χ2n) is 7.21. The van der Waals surface area contributed by atoms with Crippen LogP contribution in [0.25, 0.3) is 11.4 Å². The highest BCUT2D eigenvalue weighted by molar-refractivity contribution is 6.01. The fourth-order valence-corrected chi connectivity index (χ4v) is 3.18. The zero-order valence-corrected chi connectivity index (χ0v) is 17.5. The van der Waals surface area contributed by atoms with Gasteiger partial charge < -0.3 is 15.2 Å². The lowest BCUT2D eigenvalue weighted by Crippen LogP contribution is -2.47. The second-order valence-corrected chi connectivity index (χ2v) is 7.21. The normalized spacial score (nSPS) is 12.8. The van der Waals surface area contributed by atoms with Crippen molar-refractivity contribution in [2.75, 3.05) is 5.32 Å². The Balaban J connectivity index is 1.77.